The standard InChI is InChI=1S/C15H20FNO3S/c1-11(21(2,19)20)15(18)17-8-4-7-14(17)10-12-5-3-6-13(16)9-12/h3,5-6,9,11,14H,4,7-8,10H2,1-2H3. The lowest BCUT2D eigenvalue weighted by Gasteiger charge is -2.27. The fraction of sp³-hybridized carbons (Fsp3) is 0.533. The Hall–Kier alpha value is -1.43. The zero-order chi connectivity index (χ0) is 15.6. The molecule has 1 aliphatic heterocycles. The second-order valence-electron chi connectivity index (χ2n) is 5.63. The topological polar surface area (TPSA) is 54.5 Å². The molecule has 2 atom stereocenters. The van der Waals surface area contributed by atoms with Crippen LogP contribution < -0.4 is 0 Å². The molecule has 0 spiro atoms. The van der Waals surface area contributed by atoms with Gasteiger partial charge in [-0.15, -0.1) is 0 Å². The molecule has 21 heavy (non-hydrogen) atoms. The Morgan fingerprint density at radius 3 is 2.81 bits per heavy atom. The van der Waals surface area contributed by atoms with Crippen LogP contribution in [0.5, 0.6) is 0 Å². The zero-order valence-electron chi connectivity index (χ0n) is 12.3. The lowest BCUT2D eigenvalue weighted by Crippen LogP contribution is -2.44. The highest BCUT2D eigenvalue weighted by Crippen LogP contribution is 2.23. The molecule has 1 heterocycles. The van der Waals surface area contributed by atoms with Crippen molar-refractivity contribution in [2.24, 2.45) is 0 Å². The van der Waals surface area contributed by atoms with Crippen LogP contribution in [0.25, 0.3) is 0 Å². The van der Waals surface area contributed by atoms with E-state index in [9.17, 15) is 17.6 Å². The first-order valence-corrected chi connectivity index (χ1v) is 8.98. The van der Waals surface area contributed by atoms with Crippen LogP contribution in [0.2, 0.25) is 0 Å². The number of benzene rings is 1. The number of hydrogen-bond acceptors (Lipinski definition) is 3. The van der Waals surface area contributed by atoms with Gasteiger partial charge in [-0.05, 0) is 43.9 Å². The summed E-state index contributed by atoms with van der Waals surface area (Å²) < 4.78 is 36.3. The molecule has 4 nitrogen and oxygen atoms in total. The largest absolute Gasteiger partial charge is 0.338 e. The van der Waals surface area contributed by atoms with E-state index < -0.39 is 15.1 Å². The third-order valence-corrected chi connectivity index (χ3v) is 5.50. The van der Waals surface area contributed by atoms with Crippen molar-refractivity contribution in [3.63, 3.8) is 0 Å². The minimum atomic E-state index is -3.39. The van der Waals surface area contributed by atoms with Crippen molar-refractivity contribution in [2.45, 2.75) is 37.5 Å². The maximum atomic E-state index is 13.2. The highest BCUT2D eigenvalue weighted by molar-refractivity contribution is 7.92. The number of carbonyl (C=O) groups is 1. The Balaban J connectivity index is 2.12. The number of carbonyl (C=O) groups excluding carboxylic acids is 1. The fourth-order valence-electron chi connectivity index (χ4n) is 2.69. The van der Waals surface area contributed by atoms with Gasteiger partial charge < -0.3 is 4.90 Å². The molecule has 0 aliphatic carbocycles. The van der Waals surface area contributed by atoms with Gasteiger partial charge in [0.1, 0.15) is 11.1 Å². The number of nitrogens with zero attached hydrogens (tertiary/aromatic N) is 1. The molecule has 6 heteroatoms. The van der Waals surface area contributed by atoms with E-state index in [0.717, 1.165) is 24.7 Å². The summed E-state index contributed by atoms with van der Waals surface area (Å²) >= 11 is 0. The third kappa shape index (κ3) is 3.81. The number of sulfone groups is 1. The van der Waals surface area contributed by atoms with Crippen molar-refractivity contribution >= 4 is 15.7 Å². The Labute approximate surface area is 124 Å². The number of amides is 1. The molecule has 1 aromatic rings. The Bertz CT molecular complexity index is 630. The van der Waals surface area contributed by atoms with Crippen LogP contribution in [-0.4, -0.2) is 43.3 Å². The molecule has 2 rings (SSSR count). The molecule has 1 aromatic carbocycles. The molecular formula is C15H20FNO3S. The van der Waals surface area contributed by atoms with Crippen molar-refractivity contribution in [1.29, 1.82) is 0 Å². The predicted molar refractivity (Wildman–Crippen MR) is 79.1 cm³/mol. The lowest BCUT2D eigenvalue weighted by molar-refractivity contribution is -0.131. The molecule has 1 saturated heterocycles. The minimum Gasteiger partial charge on any atom is -0.338 e. The van der Waals surface area contributed by atoms with Gasteiger partial charge in [0.05, 0.1) is 0 Å². The van der Waals surface area contributed by atoms with Gasteiger partial charge in [-0.25, -0.2) is 12.8 Å². The molecule has 1 aliphatic rings. The summed E-state index contributed by atoms with van der Waals surface area (Å²) in [7, 11) is -3.39. The van der Waals surface area contributed by atoms with Crippen LogP contribution in [0.3, 0.4) is 0 Å². The van der Waals surface area contributed by atoms with Crippen LogP contribution in [0, 0.1) is 5.82 Å². The van der Waals surface area contributed by atoms with E-state index in [1.54, 1.807) is 11.0 Å². The predicted octanol–water partition coefficient (Wildman–Crippen LogP) is 1.79. The van der Waals surface area contributed by atoms with Crippen molar-refractivity contribution < 1.29 is 17.6 Å². The second kappa shape index (κ2) is 6.13. The molecule has 1 amide bonds. The maximum Gasteiger partial charge on any atom is 0.240 e. The van der Waals surface area contributed by atoms with E-state index in [1.807, 2.05) is 6.07 Å². The van der Waals surface area contributed by atoms with Crippen LogP contribution in [0.4, 0.5) is 4.39 Å². The van der Waals surface area contributed by atoms with Crippen molar-refractivity contribution in [3.05, 3.63) is 35.6 Å². The number of rotatable bonds is 4. The molecule has 0 N–H and O–H groups in total. The quantitative estimate of drug-likeness (QED) is 0.851. The lowest BCUT2D eigenvalue weighted by atomic mass is 10.0. The summed E-state index contributed by atoms with van der Waals surface area (Å²) in [4.78, 5) is 14.0. The highest BCUT2D eigenvalue weighted by atomic mass is 32.2. The zero-order valence-corrected chi connectivity index (χ0v) is 13.1. The van der Waals surface area contributed by atoms with E-state index in [1.165, 1.54) is 19.1 Å². The number of halogens is 1. The average molecular weight is 313 g/mol. The SMILES string of the molecule is CC(C(=O)N1CCCC1Cc1cccc(F)c1)S(C)(=O)=O. The monoisotopic (exact) mass is 313 g/mol. The smallest absolute Gasteiger partial charge is 0.240 e. The average Bonchev–Trinajstić information content (AvgIpc) is 2.84. The first kappa shape index (κ1) is 15.9. The molecule has 1 fully saturated rings. The molecule has 0 aromatic heterocycles. The molecule has 116 valence electrons. The van der Waals surface area contributed by atoms with Crippen LogP contribution in [0.1, 0.15) is 25.3 Å². The fourth-order valence-corrected chi connectivity index (χ4v) is 3.19. The summed E-state index contributed by atoms with van der Waals surface area (Å²) in [6.07, 6.45) is 3.30. The summed E-state index contributed by atoms with van der Waals surface area (Å²) in [6, 6.07) is 6.26. The number of likely N-dealkylation sites (tertiary alicyclic amines) is 1. The van der Waals surface area contributed by atoms with Gasteiger partial charge in [0.2, 0.25) is 5.91 Å². The van der Waals surface area contributed by atoms with E-state index in [0.29, 0.717) is 13.0 Å². The second-order valence-corrected chi connectivity index (χ2v) is 8.00. The van der Waals surface area contributed by atoms with Crippen LogP contribution in [0.15, 0.2) is 24.3 Å². The molecular weight excluding hydrogens is 293 g/mol. The van der Waals surface area contributed by atoms with E-state index >= 15 is 0 Å². The summed E-state index contributed by atoms with van der Waals surface area (Å²) in [5, 5.41) is -1.02. The normalized spacial score (nSPS) is 20.5. The van der Waals surface area contributed by atoms with Gasteiger partial charge in [-0.2, -0.15) is 0 Å². The third-order valence-electron chi connectivity index (χ3n) is 4.01. The highest BCUT2D eigenvalue weighted by Gasteiger charge is 2.35. The minimum absolute atomic E-state index is 0.0523. The molecule has 0 saturated carbocycles. The van der Waals surface area contributed by atoms with Gasteiger partial charge in [-0.3, -0.25) is 4.79 Å². The van der Waals surface area contributed by atoms with E-state index in [2.05, 4.69) is 0 Å². The van der Waals surface area contributed by atoms with Gasteiger partial charge in [0, 0.05) is 18.8 Å². The molecule has 0 radical (unpaired) electrons. The molecule has 2 unspecified atom stereocenters. The summed E-state index contributed by atoms with van der Waals surface area (Å²) in [5.74, 6) is -0.649. The van der Waals surface area contributed by atoms with Gasteiger partial charge >= 0.3 is 0 Å². The first-order valence-electron chi connectivity index (χ1n) is 7.03. The Morgan fingerprint density at radius 2 is 2.19 bits per heavy atom. The summed E-state index contributed by atoms with van der Waals surface area (Å²) in [6.45, 7) is 1.99. The molecule has 0 bridgehead atoms. The van der Waals surface area contributed by atoms with Crippen molar-refractivity contribution in [2.75, 3.05) is 12.8 Å². The van der Waals surface area contributed by atoms with Crippen molar-refractivity contribution in [1.82, 2.24) is 4.90 Å². The first-order chi connectivity index (χ1) is 9.79. The Kier molecular flexibility index (Phi) is 4.66. The van der Waals surface area contributed by atoms with Crippen LogP contribution >= 0.6 is 0 Å². The van der Waals surface area contributed by atoms with Gasteiger partial charge in [-0.1, -0.05) is 12.1 Å². The van der Waals surface area contributed by atoms with Gasteiger partial charge in [0.25, 0.3) is 0 Å². The number of hydrogen-bond donors (Lipinski definition) is 0. The van der Waals surface area contributed by atoms with E-state index in [4.69, 9.17) is 0 Å². The van der Waals surface area contributed by atoms with E-state index in [-0.39, 0.29) is 17.8 Å². The summed E-state index contributed by atoms with van der Waals surface area (Å²) in [5.41, 5.74) is 0.826. The maximum absolute atomic E-state index is 13.2. The van der Waals surface area contributed by atoms with Crippen molar-refractivity contribution in [3.8, 4) is 0 Å². The van der Waals surface area contributed by atoms with Crippen LogP contribution in [-0.2, 0) is 21.1 Å². The Morgan fingerprint density at radius 1 is 1.48 bits per heavy atom. The van der Waals surface area contributed by atoms with Gasteiger partial charge in [0.15, 0.2) is 9.84 Å².